The number of carbonyl (C=O) groups is 2. The van der Waals surface area contributed by atoms with Gasteiger partial charge in [0.25, 0.3) is 5.91 Å². The number of para-hydroxylation sites is 1. The molecule has 7 nitrogen and oxygen atoms in total. The van der Waals surface area contributed by atoms with Gasteiger partial charge in [-0.05, 0) is 61.6 Å². The summed E-state index contributed by atoms with van der Waals surface area (Å²) < 4.78 is 42.6. The Kier molecular flexibility index (Phi) is 5.90. The summed E-state index contributed by atoms with van der Waals surface area (Å²) in [4.78, 5) is 29.5. The van der Waals surface area contributed by atoms with Crippen molar-refractivity contribution in [2.45, 2.75) is 43.3 Å². The Morgan fingerprint density at radius 2 is 2.05 bits per heavy atom. The van der Waals surface area contributed by atoms with Gasteiger partial charge in [-0.1, -0.05) is 18.2 Å². The summed E-state index contributed by atoms with van der Waals surface area (Å²) in [6, 6.07) is 11.4. The Morgan fingerprint density at radius 1 is 1.21 bits per heavy atom. The molecule has 2 aromatic heterocycles. The van der Waals surface area contributed by atoms with E-state index < -0.39 is 11.9 Å². The number of carbonyl (C=O) groups excluding carboxylic acids is 2. The first-order valence-electron chi connectivity index (χ1n) is 12.1. The molecular formula is C27H22F3N5O2S. The standard InChI is InChI=1S/C27H22F3N5O2S/c1-14-3-2-4-18-21(11-23(27(28,29)30)34-25(14)18)35-20-7-6-17(9-16(20)12-31-35)32-26(37)15-5-8-22-19(10-15)33-24(36)13-38-22/h2-5,8,10-12,17H,6-7,9,13H2,1H3,(H,32,37)(H,33,36). The van der Waals surface area contributed by atoms with Crippen LogP contribution in [0.4, 0.5) is 18.9 Å². The number of amides is 2. The third-order valence-corrected chi connectivity index (χ3v) is 7.97. The number of anilines is 1. The highest BCUT2D eigenvalue weighted by atomic mass is 32.2. The summed E-state index contributed by atoms with van der Waals surface area (Å²) in [5.41, 5.74) is 3.10. The van der Waals surface area contributed by atoms with E-state index in [1.165, 1.54) is 11.8 Å². The molecule has 6 rings (SSSR count). The molecule has 2 aliphatic rings. The first kappa shape index (κ1) is 24.5. The molecule has 0 fully saturated rings. The average molecular weight is 538 g/mol. The molecule has 0 saturated carbocycles. The second kappa shape index (κ2) is 9.16. The quantitative estimate of drug-likeness (QED) is 0.381. The van der Waals surface area contributed by atoms with Crippen LogP contribution in [0.2, 0.25) is 0 Å². The van der Waals surface area contributed by atoms with Crippen molar-refractivity contribution in [1.82, 2.24) is 20.1 Å². The van der Waals surface area contributed by atoms with Crippen molar-refractivity contribution in [3.63, 3.8) is 0 Å². The zero-order valence-corrected chi connectivity index (χ0v) is 21.0. The zero-order chi connectivity index (χ0) is 26.6. The van der Waals surface area contributed by atoms with E-state index in [1.807, 2.05) is 6.07 Å². The van der Waals surface area contributed by atoms with Gasteiger partial charge in [0.15, 0.2) is 0 Å². The molecule has 194 valence electrons. The highest BCUT2D eigenvalue weighted by molar-refractivity contribution is 8.00. The van der Waals surface area contributed by atoms with E-state index in [0.717, 1.165) is 22.2 Å². The smallest absolute Gasteiger partial charge is 0.349 e. The van der Waals surface area contributed by atoms with E-state index in [-0.39, 0.29) is 17.9 Å². The molecule has 1 unspecified atom stereocenters. The van der Waals surface area contributed by atoms with E-state index in [0.29, 0.717) is 58.4 Å². The molecule has 0 saturated heterocycles. The lowest BCUT2D eigenvalue weighted by Gasteiger charge is -2.25. The predicted molar refractivity (Wildman–Crippen MR) is 138 cm³/mol. The normalized spacial score (nSPS) is 17.1. The number of pyridine rings is 1. The fourth-order valence-corrected chi connectivity index (χ4v) is 5.83. The van der Waals surface area contributed by atoms with E-state index in [4.69, 9.17) is 0 Å². The van der Waals surface area contributed by atoms with Crippen LogP contribution in [-0.2, 0) is 23.8 Å². The lowest BCUT2D eigenvalue weighted by Crippen LogP contribution is -2.39. The number of aromatic nitrogens is 3. The fraction of sp³-hybridized carbons (Fsp3) is 0.259. The maximum atomic E-state index is 13.7. The number of nitrogens with one attached hydrogen (secondary N) is 2. The molecule has 2 N–H and O–H groups in total. The lowest BCUT2D eigenvalue weighted by atomic mass is 9.93. The van der Waals surface area contributed by atoms with Crippen molar-refractivity contribution < 1.29 is 22.8 Å². The number of hydrogen-bond acceptors (Lipinski definition) is 5. The molecule has 2 aromatic carbocycles. The second-order valence-corrected chi connectivity index (χ2v) is 10.5. The van der Waals surface area contributed by atoms with Gasteiger partial charge in [0.05, 0.1) is 28.8 Å². The van der Waals surface area contributed by atoms with Crippen LogP contribution in [0.15, 0.2) is 53.6 Å². The van der Waals surface area contributed by atoms with Gasteiger partial charge in [-0.3, -0.25) is 9.59 Å². The number of hydrogen-bond donors (Lipinski definition) is 2. The highest BCUT2D eigenvalue weighted by Gasteiger charge is 2.34. The SMILES string of the molecule is Cc1cccc2c(-n3ncc4c3CCC(NC(=O)c3ccc5c(c3)NC(=O)CS5)C4)cc(C(F)(F)F)nc12. The summed E-state index contributed by atoms with van der Waals surface area (Å²) in [6.07, 6.45) is -1.28. The third kappa shape index (κ3) is 4.40. The van der Waals surface area contributed by atoms with Crippen molar-refractivity contribution in [2.75, 3.05) is 11.1 Å². The molecule has 1 atom stereocenters. The Balaban J connectivity index is 1.27. The Morgan fingerprint density at radius 3 is 2.87 bits per heavy atom. The largest absolute Gasteiger partial charge is 0.433 e. The molecule has 4 aromatic rings. The van der Waals surface area contributed by atoms with Crippen LogP contribution in [-0.4, -0.2) is 38.4 Å². The van der Waals surface area contributed by atoms with E-state index >= 15 is 0 Å². The monoisotopic (exact) mass is 537 g/mol. The molecule has 3 heterocycles. The van der Waals surface area contributed by atoms with Gasteiger partial charge in [-0.15, -0.1) is 11.8 Å². The minimum Gasteiger partial charge on any atom is -0.349 e. The highest BCUT2D eigenvalue weighted by Crippen LogP contribution is 2.35. The van der Waals surface area contributed by atoms with E-state index in [1.54, 1.807) is 48.1 Å². The Labute approximate surface area is 219 Å². The maximum Gasteiger partial charge on any atom is 0.433 e. The van der Waals surface area contributed by atoms with Crippen molar-refractivity contribution in [2.24, 2.45) is 0 Å². The predicted octanol–water partition coefficient (Wildman–Crippen LogP) is 5.08. The summed E-state index contributed by atoms with van der Waals surface area (Å²) in [7, 11) is 0. The molecule has 0 spiro atoms. The van der Waals surface area contributed by atoms with Gasteiger partial charge in [0.1, 0.15) is 5.69 Å². The first-order chi connectivity index (χ1) is 18.2. The molecular weight excluding hydrogens is 515 g/mol. The molecule has 0 bridgehead atoms. The van der Waals surface area contributed by atoms with Crippen molar-refractivity contribution >= 4 is 40.2 Å². The molecule has 0 radical (unpaired) electrons. The molecule has 38 heavy (non-hydrogen) atoms. The van der Waals surface area contributed by atoms with Gasteiger partial charge in [-0.25, -0.2) is 9.67 Å². The van der Waals surface area contributed by atoms with Crippen LogP contribution in [0.25, 0.3) is 16.6 Å². The molecule has 1 aliphatic heterocycles. The minimum atomic E-state index is -4.59. The van der Waals surface area contributed by atoms with Crippen molar-refractivity contribution in [3.05, 3.63) is 76.7 Å². The van der Waals surface area contributed by atoms with Crippen molar-refractivity contribution in [1.29, 1.82) is 0 Å². The molecule has 1 aliphatic carbocycles. The molecule has 2 amide bonds. The van der Waals surface area contributed by atoms with Crippen LogP contribution in [0, 0.1) is 6.92 Å². The number of rotatable bonds is 3. The zero-order valence-electron chi connectivity index (χ0n) is 20.2. The fourth-order valence-electron chi connectivity index (χ4n) is 5.04. The number of halogens is 3. The van der Waals surface area contributed by atoms with E-state index in [2.05, 4.69) is 20.7 Å². The number of nitrogens with zero attached hydrogens (tertiary/aromatic N) is 3. The number of aryl methyl sites for hydroxylation is 1. The van der Waals surface area contributed by atoms with Gasteiger partial charge in [0.2, 0.25) is 5.91 Å². The van der Waals surface area contributed by atoms with Gasteiger partial charge in [-0.2, -0.15) is 18.3 Å². The van der Waals surface area contributed by atoms with E-state index in [9.17, 15) is 22.8 Å². The number of benzene rings is 2. The lowest BCUT2D eigenvalue weighted by molar-refractivity contribution is -0.141. The summed E-state index contributed by atoms with van der Waals surface area (Å²) >= 11 is 1.43. The number of alkyl halides is 3. The van der Waals surface area contributed by atoms with Gasteiger partial charge in [0, 0.05) is 27.6 Å². The maximum absolute atomic E-state index is 13.7. The van der Waals surface area contributed by atoms with Crippen LogP contribution in [0.1, 0.15) is 39.3 Å². The second-order valence-electron chi connectivity index (χ2n) is 9.48. The van der Waals surface area contributed by atoms with Crippen LogP contribution < -0.4 is 10.6 Å². The summed E-state index contributed by atoms with van der Waals surface area (Å²) in [6.45, 7) is 1.74. The summed E-state index contributed by atoms with van der Waals surface area (Å²) in [5, 5.41) is 10.9. The molecule has 11 heteroatoms. The Hall–Kier alpha value is -3.86. The van der Waals surface area contributed by atoms with Gasteiger partial charge < -0.3 is 10.6 Å². The van der Waals surface area contributed by atoms with Crippen LogP contribution in [0.3, 0.4) is 0 Å². The topological polar surface area (TPSA) is 88.9 Å². The summed E-state index contributed by atoms with van der Waals surface area (Å²) in [5.74, 6) is 0.00326. The third-order valence-electron chi connectivity index (χ3n) is 6.90. The van der Waals surface area contributed by atoms with Crippen molar-refractivity contribution in [3.8, 4) is 5.69 Å². The number of fused-ring (bicyclic) bond motifs is 3. The van der Waals surface area contributed by atoms with Gasteiger partial charge >= 0.3 is 6.18 Å². The first-order valence-corrected chi connectivity index (χ1v) is 13.1. The van der Waals surface area contributed by atoms with Crippen LogP contribution >= 0.6 is 11.8 Å². The Bertz CT molecular complexity index is 1610. The number of thioether (sulfide) groups is 1. The average Bonchev–Trinajstić information content (AvgIpc) is 3.30. The van der Waals surface area contributed by atoms with Crippen LogP contribution in [0.5, 0.6) is 0 Å². The minimum absolute atomic E-state index is 0.101.